The van der Waals surface area contributed by atoms with Crippen LogP contribution in [-0.4, -0.2) is 15.2 Å². The quantitative estimate of drug-likeness (QED) is 0.898. The molecule has 1 aliphatic rings. The van der Waals surface area contributed by atoms with E-state index in [2.05, 4.69) is 27.4 Å². The van der Waals surface area contributed by atoms with Gasteiger partial charge in [-0.3, -0.25) is 5.32 Å². The fourth-order valence-corrected chi connectivity index (χ4v) is 2.95. The predicted octanol–water partition coefficient (Wildman–Crippen LogP) is 2.38. The van der Waals surface area contributed by atoms with Gasteiger partial charge in [-0.2, -0.15) is 0 Å². The van der Waals surface area contributed by atoms with E-state index in [1.807, 2.05) is 6.20 Å². The van der Waals surface area contributed by atoms with Crippen molar-refractivity contribution in [3.63, 3.8) is 0 Å². The average Bonchev–Trinajstić information content (AvgIpc) is 2.96. The molecule has 0 aliphatic heterocycles. The van der Waals surface area contributed by atoms with Crippen molar-refractivity contribution in [3.05, 3.63) is 27.9 Å². The lowest BCUT2D eigenvalue weighted by molar-refractivity contribution is 0.405. The molecular formula is C12H16N4OS. The molecule has 0 spiro atoms. The molecule has 2 heterocycles. The van der Waals surface area contributed by atoms with Crippen molar-refractivity contribution >= 4 is 11.3 Å². The first kappa shape index (κ1) is 11.8. The van der Waals surface area contributed by atoms with Gasteiger partial charge in [0, 0.05) is 18.0 Å². The Kier molecular flexibility index (Phi) is 3.13. The maximum atomic E-state index is 5.37. The average molecular weight is 264 g/mol. The lowest BCUT2D eigenvalue weighted by Crippen LogP contribution is -2.22. The molecule has 1 atom stereocenters. The van der Waals surface area contributed by atoms with Gasteiger partial charge >= 0.3 is 0 Å². The molecule has 2 aromatic rings. The van der Waals surface area contributed by atoms with Gasteiger partial charge < -0.3 is 4.42 Å². The molecule has 1 aliphatic carbocycles. The van der Waals surface area contributed by atoms with Crippen LogP contribution in [0, 0.1) is 19.8 Å². The van der Waals surface area contributed by atoms with Gasteiger partial charge in [-0.15, -0.1) is 21.5 Å². The van der Waals surface area contributed by atoms with Crippen molar-refractivity contribution in [2.75, 3.05) is 0 Å². The number of hydrogen-bond donors (Lipinski definition) is 1. The fourth-order valence-electron chi connectivity index (χ4n) is 2.01. The van der Waals surface area contributed by atoms with E-state index in [1.165, 1.54) is 22.7 Å². The van der Waals surface area contributed by atoms with E-state index in [4.69, 9.17) is 4.42 Å². The van der Waals surface area contributed by atoms with Crippen LogP contribution in [0.5, 0.6) is 0 Å². The zero-order valence-electron chi connectivity index (χ0n) is 10.5. The first-order valence-corrected chi connectivity index (χ1v) is 6.98. The molecule has 1 N–H and O–H groups in total. The maximum absolute atomic E-state index is 5.37. The first-order valence-electron chi connectivity index (χ1n) is 6.17. The molecule has 0 unspecified atom stereocenters. The van der Waals surface area contributed by atoms with Gasteiger partial charge in [-0.25, -0.2) is 4.98 Å². The number of aromatic nitrogens is 3. The summed E-state index contributed by atoms with van der Waals surface area (Å²) in [5, 5.41) is 12.5. The van der Waals surface area contributed by atoms with Gasteiger partial charge in [0.15, 0.2) is 0 Å². The molecule has 0 radical (unpaired) electrons. The van der Waals surface area contributed by atoms with E-state index in [0.717, 1.165) is 0 Å². The summed E-state index contributed by atoms with van der Waals surface area (Å²) in [4.78, 5) is 5.74. The SMILES string of the molecule is Cc1nnc(CN[C@H](c2ncc(C)s2)C2CC2)o1. The molecule has 0 saturated heterocycles. The molecule has 5 nitrogen and oxygen atoms in total. The third kappa shape index (κ3) is 2.59. The second-order valence-corrected chi connectivity index (χ2v) is 5.99. The van der Waals surface area contributed by atoms with E-state index in [0.29, 0.717) is 30.3 Å². The second-order valence-electron chi connectivity index (χ2n) is 4.72. The van der Waals surface area contributed by atoms with Gasteiger partial charge in [-0.05, 0) is 25.7 Å². The largest absolute Gasteiger partial charge is 0.424 e. The van der Waals surface area contributed by atoms with Crippen LogP contribution in [0.1, 0.15) is 40.5 Å². The van der Waals surface area contributed by atoms with Crippen LogP contribution in [0.2, 0.25) is 0 Å². The molecule has 6 heteroatoms. The lowest BCUT2D eigenvalue weighted by atomic mass is 10.2. The molecule has 1 saturated carbocycles. The predicted molar refractivity (Wildman–Crippen MR) is 68.2 cm³/mol. The van der Waals surface area contributed by atoms with Crippen LogP contribution in [0.4, 0.5) is 0 Å². The van der Waals surface area contributed by atoms with Crippen molar-refractivity contribution in [2.45, 2.75) is 39.3 Å². The molecule has 96 valence electrons. The summed E-state index contributed by atoms with van der Waals surface area (Å²) < 4.78 is 5.37. The zero-order chi connectivity index (χ0) is 12.5. The highest BCUT2D eigenvalue weighted by atomic mass is 32.1. The highest BCUT2D eigenvalue weighted by molar-refractivity contribution is 7.11. The fraction of sp³-hybridized carbons (Fsp3) is 0.583. The normalized spacial score (nSPS) is 17.0. The minimum absolute atomic E-state index is 0.330. The minimum Gasteiger partial charge on any atom is -0.424 e. The summed E-state index contributed by atoms with van der Waals surface area (Å²) in [6.45, 7) is 4.51. The third-order valence-corrected chi connectivity index (χ3v) is 4.04. The number of thiazole rings is 1. The van der Waals surface area contributed by atoms with Crippen LogP contribution in [0.3, 0.4) is 0 Å². The van der Waals surface area contributed by atoms with Crippen molar-refractivity contribution in [2.24, 2.45) is 5.92 Å². The van der Waals surface area contributed by atoms with E-state index in [1.54, 1.807) is 18.3 Å². The van der Waals surface area contributed by atoms with Crippen molar-refractivity contribution in [1.29, 1.82) is 0 Å². The molecule has 0 amide bonds. The summed E-state index contributed by atoms with van der Waals surface area (Å²) in [6, 6.07) is 0.330. The standard InChI is InChI=1S/C12H16N4OS/c1-7-5-14-12(18-7)11(9-3-4-9)13-6-10-16-15-8(2)17-10/h5,9,11,13H,3-4,6H2,1-2H3/t11-/m0/s1. The summed E-state index contributed by atoms with van der Waals surface area (Å²) in [7, 11) is 0. The van der Waals surface area contributed by atoms with Crippen LogP contribution < -0.4 is 5.32 Å². The Bertz CT molecular complexity index is 532. The van der Waals surface area contributed by atoms with Gasteiger partial charge in [0.1, 0.15) is 5.01 Å². The molecule has 2 aromatic heterocycles. The van der Waals surface area contributed by atoms with Crippen LogP contribution >= 0.6 is 11.3 Å². The van der Waals surface area contributed by atoms with Crippen molar-refractivity contribution in [3.8, 4) is 0 Å². The lowest BCUT2D eigenvalue weighted by Gasteiger charge is -2.14. The Morgan fingerprint density at radius 3 is 2.83 bits per heavy atom. The van der Waals surface area contributed by atoms with Crippen LogP contribution in [0.25, 0.3) is 0 Å². The van der Waals surface area contributed by atoms with Crippen molar-refractivity contribution < 1.29 is 4.42 Å². The van der Waals surface area contributed by atoms with E-state index in [-0.39, 0.29) is 0 Å². The van der Waals surface area contributed by atoms with E-state index >= 15 is 0 Å². The number of hydrogen-bond acceptors (Lipinski definition) is 6. The molecular weight excluding hydrogens is 248 g/mol. The van der Waals surface area contributed by atoms with E-state index in [9.17, 15) is 0 Å². The Morgan fingerprint density at radius 2 is 2.28 bits per heavy atom. The first-order chi connectivity index (χ1) is 8.72. The van der Waals surface area contributed by atoms with Crippen molar-refractivity contribution in [1.82, 2.24) is 20.5 Å². The minimum atomic E-state index is 0.330. The van der Waals surface area contributed by atoms with Crippen LogP contribution in [-0.2, 0) is 6.54 Å². The summed E-state index contributed by atoms with van der Waals surface area (Å²) in [6.07, 6.45) is 4.49. The number of aryl methyl sites for hydroxylation is 2. The van der Waals surface area contributed by atoms with Gasteiger partial charge in [0.05, 0.1) is 12.6 Å². The molecule has 0 bridgehead atoms. The number of nitrogens with zero attached hydrogens (tertiary/aromatic N) is 3. The highest BCUT2D eigenvalue weighted by Gasteiger charge is 2.34. The Morgan fingerprint density at radius 1 is 1.44 bits per heavy atom. The third-order valence-electron chi connectivity index (χ3n) is 3.04. The Balaban J connectivity index is 1.67. The topological polar surface area (TPSA) is 63.8 Å². The van der Waals surface area contributed by atoms with Crippen LogP contribution in [0.15, 0.2) is 10.6 Å². The summed E-state index contributed by atoms with van der Waals surface area (Å²) >= 11 is 1.76. The molecule has 1 fully saturated rings. The summed E-state index contributed by atoms with van der Waals surface area (Å²) in [5.74, 6) is 1.96. The monoisotopic (exact) mass is 264 g/mol. The number of nitrogens with one attached hydrogen (secondary N) is 1. The summed E-state index contributed by atoms with van der Waals surface area (Å²) in [5.41, 5.74) is 0. The van der Waals surface area contributed by atoms with E-state index < -0.39 is 0 Å². The van der Waals surface area contributed by atoms with Gasteiger partial charge in [0.2, 0.25) is 11.8 Å². The Hall–Kier alpha value is -1.27. The molecule has 18 heavy (non-hydrogen) atoms. The van der Waals surface area contributed by atoms with Gasteiger partial charge in [-0.1, -0.05) is 0 Å². The highest BCUT2D eigenvalue weighted by Crippen LogP contribution is 2.42. The van der Waals surface area contributed by atoms with Gasteiger partial charge in [0.25, 0.3) is 0 Å². The second kappa shape index (κ2) is 4.78. The molecule has 0 aromatic carbocycles. The number of rotatable bonds is 5. The zero-order valence-corrected chi connectivity index (χ0v) is 11.3. The Labute approximate surface area is 110 Å². The maximum Gasteiger partial charge on any atom is 0.230 e. The smallest absolute Gasteiger partial charge is 0.230 e. The molecule has 3 rings (SSSR count).